The van der Waals surface area contributed by atoms with E-state index >= 15 is 0 Å². The fraction of sp³-hybridized carbons (Fsp3) is 0.500. The summed E-state index contributed by atoms with van der Waals surface area (Å²) in [5.74, 6) is 0. The SMILES string of the molecule is O=c1[nH]cnc2c1ncn2[C@H]1O[C@H]2COP(=O)(O)O[C@@H]2[C@@H]1O. The summed E-state index contributed by atoms with van der Waals surface area (Å²) < 4.78 is 27.9. The van der Waals surface area contributed by atoms with Crippen LogP contribution < -0.4 is 5.56 Å². The second kappa shape index (κ2) is 4.69. The highest BCUT2D eigenvalue weighted by atomic mass is 31.2. The molecule has 11 nitrogen and oxygen atoms in total. The van der Waals surface area contributed by atoms with E-state index in [9.17, 15) is 19.4 Å². The first-order valence-corrected chi connectivity index (χ1v) is 7.85. The maximum Gasteiger partial charge on any atom is 0.472 e. The van der Waals surface area contributed by atoms with Crippen molar-refractivity contribution in [2.24, 2.45) is 0 Å². The summed E-state index contributed by atoms with van der Waals surface area (Å²) in [4.78, 5) is 31.3. The van der Waals surface area contributed by atoms with E-state index in [1.54, 1.807) is 0 Å². The molecule has 0 bridgehead atoms. The van der Waals surface area contributed by atoms with Crippen LogP contribution >= 0.6 is 7.82 Å². The summed E-state index contributed by atoms with van der Waals surface area (Å²) >= 11 is 0. The molecule has 12 heteroatoms. The molecule has 2 aliphatic rings. The molecule has 5 atom stereocenters. The fourth-order valence-corrected chi connectivity index (χ4v) is 3.58. The summed E-state index contributed by atoms with van der Waals surface area (Å²) in [6.07, 6.45) is -1.43. The van der Waals surface area contributed by atoms with Crippen LogP contribution in [0.4, 0.5) is 0 Å². The van der Waals surface area contributed by atoms with Crippen molar-refractivity contribution in [2.45, 2.75) is 24.5 Å². The lowest BCUT2D eigenvalue weighted by Crippen LogP contribution is -2.39. The van der Waals surface area contributed by atoms with E-state index < -0.39 is 37.9 Å². The largest absolute Gasteiger partial charge is 0.472 e. The minimum absolute atomic E-state index is 0.0955. The molecule has 0 radical (unpaired) electrons. The normalized spacial score (nSPS) is 38.3. The van der Waals surface area contributed by atoms with Gasteiger partial charge in [-0.15, -0.1) is 0 Å². The number of rotatable bonds is 1. The summed E-state index contributed by atoms with van der Waals surface area (Å²) in [6.45, 7) is -0.188. The summed E-state index contributed by atoms with van der Waals surface area (Å²) in [6, 6.07) is 0. The lowest BCUT2D eigenvalue weighted by molar-refractivity contribution is -0.0664. The van der Waals surface area contributed by atoms with Gasteiger partial charge < -0.3 is 19.7 Å². The van der Waals surface area contributed by atoms with Gasteiger partial charge >= 0.3 is 7.82 Å². The zero-order chi connectivity index (χ0) is 15.5. The first-order chi connectivity index (χ1) is 10.5. The van der Waals surface area contributed by atoms with Gasteiger partial charge in [0.1, 0.15) is 18.3 Å². The number of hydrogen-bond donors (Lipinski definition) is 3. The molecule has 0 aliphatic carbocycles. The van der Waals surface area contributed by atoms with Crippen LogP contribution in [0.2, 0.25) is 0 Å². The van der Waals surface area contributed by atoms with Gasteiger partial charge in [-0.3, -0.25) is 18.4 Å². The van der Waals surface area contributed by atoms with E-state index in [2.05, 4.69) is 19.5 Å². The number of nitrogens with one attached hydrogen (secondary N) is 1. The van der Waals surface area contributed by atoms with Crippen LogP contribution in [0.3, 0.4) is 0 Å². The lowest BCUT2D eigenvalue weighted by Gasteiger charge is -2.27. The maximum absolute atomic E-state index is 11.6. The molecular weight excluding hydrogens is 319 g/mol. The van der Waals surface area contributed by atoms with Crippen molar-refractivity contribution in [3.05, 3.63) is 23.0 Å². The molecule has 118 valence electrons. The van der Waals surface area contributed by atoms with Crippen LogP contribution in [-0.2, 0) is 18.3 Å². The van der Waals surface area contributed by atoms with Gasteiger partial charge in [0.2, 0.25) is 0 Å². The molecule has 2 aromatic rings. The Hall–Kier alpha value is -1.62. The first-order valence-electron chi connectivity index (χ1n) is 6.36. The van der Waals surface area contributed by atoms with E-state index in [1.165, 1.54) is 17.2 Å². The van der Waals surface area contributed by atoms with Crippen molar-refractivity contribution in [1.29, 1.82) is 0 Å². The van der Waals surface area contributed by atoms with E-state index in [1.807, 2.05) is 0 Å². The van der Waals surface area contributed by atoms with Crippen LogP contribution in [0.15, 0.2) is 17.4 Å². The molecule has 0 spiro atoms. The first kappa shape index (κ1) is 14.0. The summed E-state index contributed by atoms with van der Waals surface area (Å²) in [5, 5.41) is 10.3. The number of phosphoric acid groups is 1. The van der Waals surface area contributed by atoms with Crippen LogP contribution in [0.1, 0.15) is 6.23 Å². The van der Waals surface area contributed by atoms with E-state index in [-0.39, 0.29) is 17.8 Å². The molecule has 22 heavy (non-hydrogen) atoms. The third-order valence-electron chi connectivity index (χ3n) is 3.61. The van der Waals surface area contributed by atoms with Crippen molar-refractivity contribution in [3.8, 4) is 0 Å². The van der Waals surface area contributed by atoms with Crippen molar-refractivity contribution >= 4 is 19.0 Å². The minimum atomic E-state index is -4.19. The van der Waals surface area contributed by atoms with Gasteiger partial charge in [0.25, 0.3) is 5.56 Å². The molecule has 2 aliphatic heterocycles. The Bertz CT molecular complexity index is 834. The number of fused-ring (bicyclic) bond motifs is 2. The van der Waals surface area contributed by atoms with Crippen LogP contribution in [-0.4, -0.2) is 54.4 Å². The van der Waals surface area contributed by atoms with Crippen molar-refractivity contribution in [3.63, 3.8) is 0 Å². The Balaban J connectivity index is 1.73. The second-order valence-corrected chi connectivity index (χ2v) is 6.35. The highest BCUT2D eigenvalue weighted by molar-refractivity contribution is 7.47. The zero-order valence-corrected chi connectivity index (χ0v) is 11.8. The number of aliphatic hydroxyl groups excluding tert-OH is 1. The van der Waals surface area contributed by atoms with Gasteiger partial charge in [-0.25, -0.2) is 14.5 Å². The van der Waals surface area contributed by atoms with E-state index in [0.717, 1.165) is 0 Å². The van der Waals surface area contributed by atoms with Crippen molar-refractivity contribution < 1.29 is 28.3 Å². The smallest absolute Gasteiger partial charge is 0.386 e. The van der Waals surface area contributed by atoms with Gasteiger partial charge in [-0.1, -0.05) is 0 Å². The van der Waals surface area contributed by atoms with Gasteiger partial charge in [0.05, 0.1) is 19.3 Å². The number of phosphoric ester groups is 1. The van der Waals surface area contributed by atoms with Crippen molar-refractivity contribution in [2.75, 3.05) is 6.61 Å². The predicted octanol–water partition coefficient (Wildman–Crippen LogP) is -1.11. The summed E-state index contributed by atoms with van der Waals surface area (Å²) in [7, 11) is -4.19. The molecule has 0 amide bonds. The minimum Gasteiger partial charge on any atom is -0.386 e. The number of imidazole rings is 1. The van der Waals surface area contributed by atoms with E-state index in [4.69, 9.17) is 9.26 Å². The van der Waals surface area contributed by atoms with Crippen LogP contribution in [0, 0.1) is 0 Å². The van der Waals surface area contributed by atoms with E-state index in [0.29, 0.717) is 0 Å². The fourth-order valence-electron chi connectivity index (χ4n) is 2.61. The molecule has 0 aromatic carbocycles. The molecule has 4 rings (SSSR count). The zero-order valence-electron chi connectivity index (χ0n) is 10.9. The topological polar surface area (TPSA) is 149 Å². The Morgan fingerprint density at radius 1 is 1.45 bits per heavy atom. The lowest BCUT2D eigenvalue weighted by atomic mass is 10.1. The van der Waals surface area contributed by atoms with Crippen molar-refractivity contribution in [1.82, 2.24) is 19.5 Å². The van der Waals surface area contributed by atoms with Gasteiger partial charge in [0.15, 0.2) is 17.4 Å². The number of ether oxygens (including phenoxy) is 1. The van der Waals surface area contributed by atoms with Crippen LogP contribution in [0.5, 0.6) is 0 Å². The number of H-pyrrole nitrogens is 1. The number of aromatic amines is 1. The molecule has 3 N–H and O–H groups in total. The Labute approximate surface area is 122 Å². The standard InChI is InChI=1S/C10H11N4O7P/c15-6-7-4(1-19-22(17,18)21-7)20-10(6)14-3-13-5-8(14)11-2-12-9(5)16/h2-4,6-7,10,15H,1H2,(H,17,18)(H,11,12,16)/t4-,6-,7-,10-/m0/s1. The second-order valence-electron chi connectivity index (χ2n) is 4.95. The third kappa shape index (κ3) is 2.02. The summed E-state index contributed by atoms with van der Waals surface area (Å²) in [5.41, 5.74) is -0.106. The molecule has 4 heterocycles. The quantitative estimate of drug-likeness (QED) is 0.553. The number of hydrogen-bond acceptors (Lipinski definition) is 8. The molecular formula is C10H11N4O7P. The third-order valence-corrected chi connectivity index (χ3v) is 4.59. The van der Waals surface area contributed by atoms with Gasteiger partial charge in [-0.2, -0.15) is 0 Å². The predicted molar refractivity (Wildman–Crippen MR) is 68.7 cm³/mol. The average molecular weight is 330 g/mol. The Morgan fingerprint density at radius 2 is 2.27 bits per heavy atom. The van der Waals surface area contributed by atoms with Gasteiger partial charge in [0, 0.05) is 0 Å². The number of aromatic nitrogens is 4. The molecule has 1 unspecified atom stereocenters. The molecule has 2 fully saturated rings. The monoisotopic (exact) mass is 330 g/mol. The van der Waals surface area contributed by atoms with Crippen LogP contribution in [0.25, 0.3) is 11.2 Å². The highest BCUT2D eigenvalue weighted by Gasteiger charge is 2.52. The highest BCUT2D eigenvalue weighted by Crippen LogP contribution is 2.52. The number of aliphatic hydroxyl groups is 1. The Kier molecular flexibility index (Phi) is 2.98. The number of nitrogens with zero attached hydrogens (tertiary/aromatic N) is 3. The Morgan fingerprint density at radius 3 is 3.09 bits per heavy atom. The van der Waals surface area contributed by atoms with Gasteiger partial charge in [-0.05, 0) is 0 Å². The molecule has 0 saturated carbocycles. The maximum atomic E-state index is 11.6. The average Bonchev–Trinajstić information content (AvgIpc) is 3.01. The molecule has 2 aromatic heterocycles. The molecule has 2 saturated heterocycles.